The zero-order valence-electron chi connectivity index (χ0n) is 11.8. The van der Waals surface area contributed by atoms with E-state index in [1.807, 2.05) is 0 Å². The Morgan fingerprint density at radius 3 is 2.14 bits per heavy atom. The number of benzene rings is 1. The van der Waals surface area contributed by atoms with Gasteiger partial charge >= 0.3 is 11.9 Å². The summed E-state index contributed by atoms with van der Waals surface area (Å²) >= 11 is 0. The molecule has 1 amide bonds. The Kier molecular flexibility index (Phi) is 5.04. The number of hydrogen-bond acceptors (Lipinski definition) is 4. The predicted molar refractivity (Wildman–Crippen MR) is 75.9 cm³/mol. The van der Waals surface area contributed by atoms with Gasteiger partial charge in [0.05, 0.1) is 12.5 Å². The van der Waals surface area contributed by atoms with Gasteiger partial charge in [-0.05, 0) is 26.0 Å². The van der Waals surface area contributed by atoms with Crippen molar-refractivity contribution in [1.29, 1.82) is 0 Å². The number of para-hydroxylation sites is 1. The molecule has 4 N–H and O–H groups in total. The molecule has 0 spiro atoms. The van der Waals surface area contributed by atoms with Crippen molar-refractivity contribution in [2.24, 2.45) is 5.73 Å². The number of carbonyl (C=O) groups excluding carboxylic acids is 1. The Hall–Kier alpha value is -2.41. The fraction of sp³-hybridized carbons (Fsp3) is 0.357. The van der Waals surface area contributed by atoms with Crippen molar-refractivity contribution in [2.75, 3.05) is 4.90 Å². The molecular weight excluding hydrogens is 276 g/mol. The topological polar surface area (TPSA) is 121 Å². The lowest BCUT2D eigenvalue weighted by Crippen LogP contribution is -2.58. The molecule has 1 atom stereocenters. The number of aliphatic carboxylic acids is 2. The third kappa shape index (κ3) is 3.79. The monoisotopic (exact) mass is 294 g/mol. The number of amides is 1. The van der Waals surface area contributed by atoms with Crippen molar-refractivity contribution >= 4 is 23.5 Å². The standard InChI is InChI=1S/C14H18N2O5/c1-14(2,13(20)21)16(9-6-4-3-5-7-9)12(19)10(15)8-11(17)18/h3-7,10H,8,15H2,1-2H3,(H,17,18)(H,20,21)/t10-/m0/s1. The lowest BCUT2D eigenvalue weighted by Gasteiger charge is -2.36. The molecule has 0 aliphatic carbocycles. The van der Waals surface area contributed by atoms with Crippen molar-refractivity contribution in [2.45, 2.75) is 31.8 Å². The highest BCUT2D eigenvalue weighted by Gasteiger charge is 2.41. The van der Waals surface area contributed by atoms with Gasteiger partial charge in [-0.2, -0.15) is 0 Å². The highest BCUT2D eigenvalue weighted by Crippen LogP contribution is 2.25. The van der Waals surface area contributed by atoms with Crippen molar-refractivity contribution in [3.63, 3.8) is 0 Å². The average Bonchev–Trinajstić information content (AvgIpc) is 2.38. The van der Waals surface area contributed by atoms with Crippen LogP contribution in [0, 0.1) is 0 Å². The van der Waals surface area contributed by atoms with Crippen LogP contribution >= 0.6 is 0 Å². The number of carboxylic acids is 2. The highest BCUT2D eigenvalue weighted by molar-refractivity contribution is 6.04. The normalized spacial score (nSPS) is 12.5. The number of carboxylic acid groups (broad SMARTS) is 2. The van der Waals surface area contributed by atoms with Crippen LogP contribution < -0.4 is 10.6 Å². The van der Waals surface area contributed by atoms with Crippen LogP contribution in [0.4, 0.5) is 5.69 Å². The first-order chi connectivity index (χ1) is 9.67. The number of nitrogens with zero attached hydrogens (tertiary/aromatic N) is 1. The molecule has 0 fully saturated rings. The van der Waals surface area contributed by atoms with Gasteiger partial charge in [-0.25, -0.2) is 4.79 Å². The van der Waals surface area contributed by atoms with E-state index < -0.39 is 35.8 Å². The first kappa shape index (κ1) is 16.6. The van der Waals surface area contributed by atoms with Crippen LogP contribution in [0.3, 0.4) is 0 Å². The van der Waals surface area contributed by atoms with Gasteiger partial charge < -0.3 is 15.9 Å². The van der Waals surface area contributed by atoms with Crippen LogP contribution in [-0.4, -0.2) is 39.6 Å². The molecule has 0 aliphatic heterocycles. The first-order valence-electron chi connectivity index (χ1n) is 6.27. The van der Waals surface area contributed by atoms with Crippen molar-refractivity contribution < 1.29 is 24.6 Å². The van der Waals surface area contributed by atoms with E-state index in [1.54, 1.807) is 30.3 Å². The molecule has 0 aliphatic rings. The maximum atomic E-state index is 12.4. The van der Waals surface area contributed by atoms with Gasteiger partial charge in [0.25, 0.3) is 0 Å². The van der Waals surface area contributed by atoms with Gasteiger partial charge in [-0.15, -0.1) is 0 Å². The van der Waals surface area contributed by atoms with E-state index in [-0.39, 0.29) is 0 Å². The largest absolute Gasteiger partial charge is 0.481 e. The smallest absolute Gasteiger partial charge is 0.329 e. The molecule has 0 saturated carbocycles. The Morgan fingerprint density at radius 1 is 1.19 bits per heavy atom. The second-order valence-corrected chi connectivity index (χ2v) is 5.08. The summed E-state index contributed by atoms with van der Waals surface area (Å²) in [5.74, 6) is -3.20. The lowest BCUT2D eigenvalue weighted by atomic mass is 9.99. The SMILES string of the molecule is CC(C)(C(=O)O)N(C(=O)[C@@H](N)CC(=O)O)c1ccccc1. The fourth-order valence-corrected chi connectivity index (χ4v) is 1.84. The van der Waals surface area contributed by atoms with E-state index in [0.29, 0.717) is 5.69 Å². The molecule has 0 bridgehead atoms. The first-order valence-corrected chi connectivity index (χ1v) is 6.27. The zero-order chi connectivity index (χ0) is 16.2. The number of carbonyl (C=O) groups is 3. The minimum Gasteiger partial charge on any atom is -0.481 e. The summed E-state index contributed by atoms with van der Waals surface area (Å²) in [6.07, 6.45) is -0.572. The van der Waals surface area contributed by atoms with Crippen LogP contribution in [0.5, 0.6) is 0 Å². The van der Waals surface area contributed by atoms with Crippen molar-refractivity contribution in [3.05, 3.63) is 30.3 Å². The molecule has 0 saturated heterocycles. The summed E-state index contributed by atoms with van der Waals surface area (Å²) in [5.41, 5.74) is 4.37. The van der Waals surface area contributed by atoms with Crippen LogP contribution in [0.1, 0.15) is 20.3 Å². The number of anilines is 1. The van der Waals surface area contributed by atoms with Crippen LogP contribution in [0.2, 0.25) is 0 Å². The van der Waals surface area contributed by atoms with E-state index in [4.69, 9.17) is 10.8 Å². The average molecular weight is 294 g/mol. The molecule has 1 aromatic rings. The molecule has 1 rings (SSSR count). The van der Waals surface area contributed by atoms with Gasteiger partial charge in [0.15, 0.2) is 0 Å². The molecule has 0 heterocycles. The van der Waals surface area contributed by atoms with Gasteiger partial charge in [-0.1, -0.05) is 18.2 Å². The summed E-state index contributed by atoms with van der Waals surface area (Å²) < 4.78 is 0. The molecule has 7 nitrogen and oxygen atoms in total. The van der Waals surface area contributed by atoms with E-state index in [9.17, 15) is 19.5 Å². The third-order valence-electron chi connectivity index (χ3n) is 3.03. The predicted octanol–water partition coefficient (Wildman–Crippen LogP) is 0.685. The van der Waals surface area contributed by atoms with E-state index >= 15 is 0 Å². The maximum absolute atomic E-state index is 12.4. The van der Waals surface area contributed by atoms with Crippen LogP contribution in [0.25, 0.3) is 0 Å². The minimum atomic E-state index is -1.56. The molecule has 114 valence electrons. The van der Waals surface area contributed by atoms with Crippen LogP contribution in [0.15, 0.2) is 30.3 Å². The van der Waals surface area contributed by atoms with E-state index in [1.165, 1.54) is 13.8 Å². The second kappa shape index (κ2) is 6.36. The van der Waals surface area contributed by atoms with Crippen LogP contribution in [-0.2, 0) is 14.4 Å². The van der Waals surface area contributed by atoms with Gasteiger partial charge in [0.2, 0.25) is 5.91 Å². The number of nitrogens with two attached hydrogens (primary N) is 1. The van der Waals surface area contributed by atoms with Gasteiger partial charge in [-0.3, -0.25) is 14.5 Å². The summed E-state index contributed by atoms with van der Waals surface area (Å²) in [7, 11) is 0. The quantitative estimate of drug-likeness (QED) is 0.709. The molecule has 21 heavy (non-hydrogen) atoms. The maximum Gasteiger partial charge on any atom is 0.329 e. The summed E-state index contributed by atoms with van der Waals surface area (Å²) in [4.78, 5) is 35.5. The Labute approximate surface area is 122 Å². The molecule has 1 aromatic carbocycles. The lowest BCUT2D eigenvalue weighted by molar-refractivity contribution is -0.144. The van der Waals surface area contributed by atoms with Crippen molar-refractivity contribution in [1.82, 2.24) is 0 Å². The van der Waals surface area contributed by atoms with Gasteiger partial charge in [0, 0.05) is 5.69 Å². The summed E-state index contributed by atoms with van der Waals surface area (Å²) in [6, 6.07) is 6.83. The zero-order valence-corrected chi connectivity index (χ0v) is 11.8. The fourth-order valence-electron chi connectivity index (χ4n) is 1.84. The molecule has 0 unspecified atom stereocenters. The molecule has 7 heteroatoms. The molecule has 0 aromatic heterocycles. The summed E-state index contributed by atoms with van der Waals surface area (Å²) in [6.45, 7) is 2.71. The number of rotatable bonds is 6. The van der Waals surface area contributed by atoms with Crippen molar-refractivity contribution in [3.8, 4) is 0 Å². The summed E-state index contributed by atoms with van der Waals surface area (Å²) in [5, 5.41) is 18.1. The Morgan fingerprint density at radius 2 is 1.71 bits per heavy atom. The highest BCUT2D eigenvalue weighted by atomic mass is 16.4. The number of hydrogen-bond donors (Lipinski definition) is 3. The third-order valence-corrected chi connectivity index (χ3v) is 3.03. The second-order valence-electron chi connectivity index (χ2n) is 5.08. The molecule has 0 radical (unpaired) electrons. The van der Waals surface area contributed by atoms with E-state index in [0.717, 1.165) is 4.90 Å². The molecular formula is C14H18N2O5. The Bertz CT molecular complexity index is 542. The Balaban J connectivity index is 3.24. The minimum absolute atomic E-state index is 0.343. The van der Waals surface area contributed by atoms with E-state index in [2.05, 4.69) is 0 Å². The van der Waals surface area contributed by atoms with Gasteiger partial charge in [0.1, 0.15) is 5.54 Å².